The lowest BCUT2D eigenvalue weighted by atomic mass is 9.76. The summed E-state index contributed by atoms with van der Waals surface area (Å²) in [6, 6.07) is 14.8. The maximum atomic E-state index is 14.3. The van der Waals surface area contributed by atoms with Gasteiger partial charge in [0.05, 0.1) is 25.7 Å². The van der Waals surface area contributed by atoms with Crippen LogP contribution in [0.3, 0.4) is 0 Å². The van der Waals surface area contributed by atoms with Crippen molar-refractivity contribution in [2.75, 3.05) is 26.8 Å². The zero-order chi connectivity index (χ0) is 30.8. The lowest BCUT2D eigenvalue weighted by Gasteiger charge is -2.41. The summed E-state index contributed by atoms with van der Waals surface area (Å²) < 4.78 is 17.1. The number of benzene rings is 2. The third-order valence-electron chi connectivity index (χ3n) is 8.40. The fourth-order valence-electron chi connectivity index (χ4n) is 6.26. The number of amides is 2. The van der Waals surface area contributed by atoms with Crippen LogP contribution in [-0.2, 0) is 16.0 Å². The Morgan fingerprint density at radius 1 is 1.14 bits per heavy atom. The Balaban J connectivity index is 1.42. The molecule has 2 aliphatic carbocycles. The number of fused-ring (bicyclic) bond motifs is 3. The van der Waals surface area contributed by atoms with E-state index in [1.54, 1.807) is 37.5 Å². The highest BCUT2D eigenvalue weighted by molar-refractivity contribution is 5.98. The van der Waals surface area contributed by atoms with Crippen LogP contribution in [-0.4, -0.2) is 72.0 Å². The van der Waals surface area contributed by atoms with Gasteiger partial charge in [-0.25, -0.2) is 4.79 Å². The van der Waals surface area contributed by atoms with E-state index in [0.29, 0.717) is 40.9 Å². The number of rotatable bonds is 9. The minimum Gasteiger partial charge on any atom is -0.497 e. The number of aliphatic hydroxyl groups excluding tert-OH is 2. The Morgan fingerprint density at radius 2 is 1.98 bits per heavy atom. The highest BCUT2D eigenvalue weighted by Crippen LogP contribution is 2.46. The molecule has 0 bridgehead atoms. The van der Waals surface area contributed by atoms with Crippen molar-refractivity contribution in [2.45, 2.75) is 37.5 Å². The van der Waals surface area contributed by atoms with E-state index in [2.05, 4.69) is 5.32 Å². The molecule has 3 aliphatic rings. The largest absolute Gasteiger partial charge is 0.497 e. The molecule has 0 radical (unpaired) electrons. The van der Waals surface area contributed by atoms with Crippen molar-refractivity contribution in [2.24, 2.45) is 5.92 Å². The summed E-state index contributed by atoms with van der Waals surface area (Å²) in [5, 5.41) is 24.5. The summed E-state index contributed by atoms with van der Waals surface area (Å²) in [6.45, 7) is -0.0983. The number of hydrogen-bond donors (Lipinski definition) is 3. The molecule has 3 aromatic rings. The van der Waals surface area contributed by atoms with Crippen molar-refractivity contribution in [3.63, 3.8) is 0 Å². The number of aliphatic hydroxyl groups is 2. The van der Waals surface area contributed by atoms with Gasteiger partial charge in [0, 0.05) is 36.0 Å². The Hall–Kier alpha value is -4.67. The summed E-state index contributed by atoms with van der Waals surface area (Å²) >= 11 is 0. The number of nitrogens with one attached hydrogen (secondary N) is 1. The van der Waals surface area contributed by atoms with E-state index in [9.17, 15) is 24.6 Å². The van der Waals surface area contributed by atoms with Gasteiger partial charge in [-0.05, 0) is 48.7 Å². The van der Waals surface area contributed by atoms with Crippen molar-refractivity contribution in [1.82, 2.24) is 10.2 Å². The van der Waals surface area contributed by atoms with E-state index in [1.807, 2.05) is 36.4 Å². The first-order valence-electron chi connectivity index (χ1n) is 14.7. The first-order chi connectivity index (χ1) is 21.4. The molecule has 3 N–H and O–H groups in total. The first kappa shape index (κ1) is 29.4. The molecule has 2 amide bonds. The van der Waals surface area contributed by atoms with E-state index in [4.69, 9.17) is 13.9 Å². The van der Waals surface area contributed by atoms with Gasteiger partial charge < -0.3 is 34.3 Å². The van der Waals surface area contributed by atoms with Crippen LogP contribution in [0.5, 0.6) is 5.75 Å². The van der Waals surface area contributed by atoms with Gasteiger partial charge >= 0.3 is 5.63 Å². The molecule has 228 valence electrons. The number of carbonyl (C=O) groups excluding carboxylic acids is 2. The molecule has 3 unspecified atom stereocenters. The minimum atomic E-state index is -1.21. The van der Waals surface area contributed by atoms with Crippen molar-refractivity contribution in [1.29, 1.82) is 0 Å². The lowest BCUT2D eigenvalue weighted by Crippen LogP contribution is -2.56. The molecule has 0 saturated carbocycles. The van der Waals surface area contributed by atoms with Crippen LogP contribution in [0, 0.1) is 5.92 Å². The number of hydrogen-bond acceptors (Lipinski definition) is 8. The number of methoxy groups -OCH3 is 1. The van der Waals surface area contributed by atoms with Gasteiger partial charge in [0.15, 0.2) is 0 Å². The van der Waals surface area contributed by atoms with E-state index in [1.165, 1.54) is 11.0 Å². The molecule has 10 heteroatoms. The van der Waals surface area contributed by atoms with Crippen LogP contribution < -0.4 is 15.7 Å². The van der Waals surface area contributed by atoms with Crippen LogP contribution in [0.1, 0.15) is 28.8 Å². The van der Waals surface area contributed by atoms with Gasteiger partial charge in [-0.15, -0.1) is 0 Å². The fraction of sp³-hybridized carbons (Fsp3) is 0.324. The molecule has 0 fully saturated rings. The number of para-hydroxylation sites is 1. The van der Waals surface area contributed by atoms with Gasteiger partial charge in [0.1, 0.15) is 34.9 Å². The van der Waals surface area contributed by atoms with Crippen LogP contribution >= 0.6 is 0 Å². The molecular formula is C34H34N2O8. The van der Waals surface area contributed by atoms with Gasteiger partial charge in [0.25, 0.3) is 5.91 Å². The Morgan fingerprint density at radius 3 is 2.80 bits per heavy atom. The van der Waals surface area contributed by atoms with Gasteiger partial charge in [-0.1, -0.05) is 42.5 Å². The third-order valence-corrected chi connectivity index (χ3v) is 8.40. The average Bonchev–Trinajstić information content (AvgIpc) is 3.44. The van der Waals surface area contributed by atoms with Crippen molar-refractivity contribution in [3.8, 4) is 5.75 Å². The van der Waals surface area contributed by atoms with Crippen molar-refractivity contribution < 1.29 is 33.7 Å². The smallest absolute Gasteiger partial charge is 0.349 e. The quantitative estimate of drug-likeness (QED) is 0.320. The van der Waals surface area contributed by atoms with E-state index in [-0.39, 0.29) is 25.3 Å². The fourth-order valence-corrected chi connectivity index (χ4v) is 6.26. The maximum Gasteiger partial charge on any atom is 0.349 e. The molecule has 44 heavy (non-hydrogen) atoms. The summed E-state index contributed by atoms with van der Waals surface area (Å²) in [5.41, 5.74) is 1.40. The molecule has 0 saturated heterocycles. The van der Waals surface area contributed by atoms with Crippen LogP contribution in [0.25, 0.3) is 11.0 Å². The number of allylic oxidation sites excluding steroid dienone is 3. The highest BCUT2D eigenvalue weighted by atomic mass is 16.5. The second-order valence-corrected chi connectivity index (χ2v) is 11.0. The number of ether oxygens (including phenoxy) is 2. The predicted molar refractivity (Wildman–Crippen MR) is 162 cm³/mol. The number of nitrogens with zero attached hydrogens (tertiary/aromatic N) is 1. The van der Waals surface area contributed by atoms with Gasteiger partial charge in [-0.3, -0.25) is 9.59 Å². The third kappa shape index (κ3) is 5.54. The van der Waals surface area contributed by atoms with E-state index in [0.717, 1.165) is 17.6 Å². The molecule has 6 rings (SSSR count). The van der Waals surface area contributed by atoms with E-state index < -0.39 is 41.6 Å². The first-order valence-corrected chi connectivity index (χ1v) is 14.7. The molecule has 2 heterocycles. The minimum absolute atomic E-state index is 0.0417. The molecule has 1 aromatic heterocycles. The second-order valence-electron chi connectivity index (χ2n) is 11.0. The summed E-state index contributed by atoms with van der Waals surface area (Å²) in [4.78, 5) is 42.3. The molecular weight excluding hydrogens is 564 g/mol. The summed E-state index contributed by atoms with van der Waals surface area (Å²) in [5.74, 6) is -0.243. The van der Waals surface area contributed by atoms with Crippen molar-refractivity contribution >= 4 is 22.8 Å². The topological polar surface area (TPSA) is 139 Å². The Labute approximate surface area is 253 Å². The monoisotopic (exact) mass is 598 g/mol. The second kappa shape index (κ2) is 12.5. The summed E-state index contributed by atoms with van der Waals surface area (Å²) in [7, 11) is 1.57. The normalized spacial score (nSPS) is 22.1. The molecule has 2 aromatic carbocycles. The lowest BCUT2D eigenvalue weighted by molar-refractivity contribution is -0.119. The summed E-state index contributed by atoms with van der Waals surface area (Å²) in [6.07, 6.45) is 5.28. The van der Waals surface area contributed by atoms with E-state index >= 15 is 0 Å². The molecule has 0 spiro atoms. The predicted octanol–water partition coefficient (Wildman–Crippen LogP) is 2.88. The molecule has 4 atom stereocenters. The zero-order valence-corrected chi connectivity index (χ0v) is 24.3. The number of carbonyl (C=O) groups is 2. The Kier molecular flexibility index (Phi) is 8.36. The maximum absolute atomic E-state index is 14.3. The highest BCUT2D eigenvalue weighted by Gasteiger charge is 2.51. The standard InChI is InChI=1S/C34H34N2O8/c1-42-22-9-6-7-20(17-22)13-15-36(33(40)25-18-21-8-2-4-11-27(21)44-34(25)41)26-19-24(32(39)35-14-16-37)29-23-10-3-5-12-28(23)43-31(29)30(26)38/h2-4,6-11,17-19,26,29-31,37-38H,5,12-16H2,1H3,(H,35,39)/t26?,29?,30-,31?/m0/s1. The van der Waals surface area contributed by atoms with Crippen LogP contribution in [0.2, 0.25) is 0 Å². The van der Waals surface area contributed by atoms with Gasteiger partial charge in [-0.2, -0.15) is 0 Å². The molecule has 10 nitrogen and oxygen atoms in total. The average molecular weight is 599 g/mol. The van der Waals surface area contributed by atoms with Crippen LogP contribution in [0.15, 0.2) is 98.9 Å². The Bertz CT molecular complexity index is 1740. The SMILES string of the molecule is COc1cccc(CCN(C(=O)c2cc3ccccc3oc2=O)C2C=C(C(=O)NCCO)C3C4=C(CCC=C4)OC3[C@H]2O)c1. The molecule has 1 aliphatic heterocycles. The van der Waals surface area contributed by atoms with Crippen molar-refractivity contribution in [3.05, 3.63) is 111 Å². The zero-order valence-electron chi connectivity index (χ0n) is 24.3. The van der Waals surface area contributed by atoms with Gasteiger partial charge in [0.2, 0.25) is 5.91 Å². The van der Waals surface area contributed by atoms with Crippen LogP contribution in [0.4, 0.5) is 0 Å².